The Morgan fingerprint density at radius 2 is 1.88 bits per heavy atom. The number of phenolic OH excluding ortho intramolecular Hbond substituents is 1. The molecule has 8 heteroatoms. The summed E-state index contributed by atoms with van der Waals surface area (Å²) in [5, 5.41) is 52.3. The van der Waals surface area contributed by atoms with Gasteiger partial charge in [-0.2, -0.15) is 0 Å². The monoisotopic (exact) mass is 438 g/mol. The van der Waals surface area contributed by atoms with E-state index in [1.54, 1.807) is 0 Å². The third-order valence-corrected chi connectivity index (χ3v) is 6.47. The first kappa shape index (κ1) is 21.8. The Morgan fingerprint density at radius 3 is 2.50 bits per heavy atom. The summed E-state index contributed by atoms with van der Waals surface area (Å²) in [6, 6.07) is 2.81. The van der Waals surface area contributed by atoms with Crippen LogP contribution < -0.4 is 0 Å². The molecule has 0 aromatic heterocycles. The molecule has 0 heterocycles. The van der Waals surface area contributed by atoms with E-state index < -0.39 is 58.0 Å². The SMILES string of the molecule is CC(=O)C1=C(O)C[C@@H]2C[C@@H]3Cc4c(C#CC(C)O)ccc(O)c4C(=O)C3=C(O)[C@]2(O)C1=O. The minimum Gasteiger partial charge on any atom is -0.511 e. The number of fused-ring (bicyclic) bond motifs is 3. The molecule has 1 aromatic carbocycles. The Kier molecular flexibility index (Phi) is 4.99. The van der Waals surface area contributed by atoms with Gasteiger partial charge in [-0.3, -0.25) is 14.4 Å². The summed E-state index contributed by atoms with van der Waals surface area (Å²) >= 11 is 0. The van der Waals surface area contributed by atoms with Gasteiger partial charge in [-0.05, 0) is 50.3 Å². The lowest BCUT2D eigenvalue weighted by molar-refractivity contribution is -0.144. The molecule has 0 spiro atoms. The summed E-state index contributed by atoms with van der Waals surface area (Å²) in [6.07, 6.45) is -0.841. The number of aliphatic hydroxyl groups excluding tert-OH is 3. The number of allylic oxidation sites excluding steroid dienone is 2. The minimum atomic E-state index is -2.51. The Balaban J connectivity index is 1.89. The van der Waals surface area contributed by atoms with Gasteiger partial charge in [0.1, 0.15) is 28.9 Å². The molecule has 0 fully saturated rings. The van der Waals surface area contributed by atoms with Crippen LogP contribution >= 0.6 is 0 Å². The number of Topliss-reactive ketones (excluding diaryl/α,β-unsaturated/α-hetero) is 3. The second-order valence-electron chi connectivity index (χ2n) is 8.53. The summed E-state index contributed by atoms with van der Waals surface area (Å²) in [7, 11) is 0. The molecule has 32 heavy (non-hydrogen) atoms. The number of rotatable bonds is 1. The van der Waals surface area contributed by atoms with Crippen molar-refractivity contribution in [2.24, 2.45) is 11.8 Å². The van der Waals surface area contributed by atoms with Gasteiger partial charge in [-0.25, -0.2) is 0 Å². The molecule has 0 saturated carbocycles. The van der Waals surface area contributed by atoms with E-state index in [-0.39, 0.29) is 36.1 Å². The highest BCUT2D eigenvalue weighted by Gasteiger charge is 2.59. The van der Waals surface area contributed by atoms with Gasteiger partial charge in [0.25, 0.3) is 0 Å². The summed E-state index contributed by atoms with van der Waals surface area (Å²) < 4.78 is 0. The number of phenols is 1. The maximum atomic E-state index is 13.3. The van der Waals surface area contributed by atoms with E-state index >= 15 is 0 Å². The van der Waals surface area contributed by atoms with Gasteiger partial charge < -0.3 is 25.5 Å². The number of carbonyl (C=O) groups excluding carboxylic acids is 3. The molecule has 0 aliphatic heterocycles. The first-order chi connectivity index (χ1) is 15.0. The fraction of sp³-hybridized carbons (Fsp3) is 0.375. The second-order valence-corrected chi connectivity index (χ2v) is 8.53. The largest absolute Gasteiger partial charge is 0.511 e. The second kappa shape index (κ2) is 7.33. The molecular formula is C24H22O8. The average Bonchev–Trinajstić information content (AvgIpc) is 2.69. The van der Waals surface area contributed by atoms with Gasteiger partial charge in [0.05, 0.1) is 5.56 Å². The van der Waals surface area contributed by atoms with Gasteiger partial charge >= 0.3 is 0 Å². The van der Waals surface area contributed by atoms with Crippen LogP contribution in [0.5, 0.6) is 5.75 Å². The van der Waals surface area contributed by atoms with Crippen LogP contribution in [0.4, 0.5) is 0 Å². The van der Waals surface area contributed by atoms with E-state index in [1.807, 2.05) is 0 Å². The number of aromatic hydroxyl groups is 1. The highest BCUT2D eigenvalue weighted by molar-refractivity contribution is 6.25. The normalized spacial score (nSPS) is 27.8. The molecule has 0 saturated heterocycles. The third kappa shape index (κ3) is 2.97. The zero-order valence-electron chi connectivity index (χ0n) is 17.5. The first-order valence-corrected chi connectivity index (χ1v) is 10.2. The minimum absolute atomic E-state index is 0.0843. The van der Waals surface area contributed by atoms with Crippen LogP contribution in [0.15, 0.2) is 34.8 Å². The van der Waals surface area contributed by atoms with Gasteiger partial charge in [0, 0.05) is 23.5 Å². The van der Waals surface area contributed by atoms with Crippen molar-refractivity contribution in [1.29, 1.82) is 0 Å². The van der Waals surface area contributed by atoms with Crippen molar-refractivity contribution in [3.05, 3.63) is 51.5 Å². The Hall–Kier alpha value is -3.41. The topological polar surface area (TPSA) is 152 Å². The van der Waals surface area contributed by atoms with Crippen molar-refractivity contribution in [3.8, 4) is 17.6 Å². The third-order valence-electron chi connectivity index (χ3n) is 6.47. The lowest BCUT2D eigenvalue weighted by Crippen LogP contribution is -2.56. The van der Waals surface area contributed by atoms with Gasteiger partial charge in [0.15, 0.2) is 17.2 Å². The number of hydrogen-bond donors (Lipinski definition) is 5. The molecule has 1 aromatic rings. The van der Waals surface area contributed by atoms with Gasteiger partial charge in [0.2, 0.25) is 5.78 Å². The van der Waals surface area contributed by atoms with Crippen molar-refractivity contribution in [2.75, 3.05) is 0 Å². The lowest BCUT2D eigenvalue weighted by Gasteiger charge is -2.45. The van der Waals surface area contributed by atoms with Gasteiger partial charge in [-0.15, -0.1) is 0 Å². The summed E-state index contributed by atoms with van der Waals surface area (Å²) in [4.78, 5) is 38.2. The molecule has 4 rings (SSSR count). The van der Waals surface area contributed by atoms with Crippen LogP contribution in [-0.4, -0.2) is 54.6 Å². The number of carbonyl (C=O) groups is 3. The van der Waals surface area contributed by atoms with E-state index in [4.69, 9.17) is 0 Å². The standard InChI is InChI=1S/C24H22O8/c1-10(25)3-4-12-5-6-16(27)20-15(12)8-13-7-14-9-17(28)18(11(2)26)22(30)24(14,32)23(31)19(13)21(20)29/h5-6,10,13-14,25,27-28,31-32H,7-9H2,1-2H3/t10?,13-,14+,24-/m1/s1. The fourth-order valence-electron chi connectivity index (χ4n) is 5.03. The fourth-order valence-corrected chi connectivity index (χ4v) is 5.03. The smallest absolute Gasteiger partial charge is 0.209 e. The molecule has 4 atom stereocenters. The van der Waals surface area contributed by atoms with E-state index in [0.717, 1.165) is 6.92 Å². The Labute approximate surface area is 183 Å². The predicted octanol–water partition coefficient (Wildman–Crippen LogP) is 1.42. The van der Waals surface area contributed by atoms with Crippen molar-refractivity contribution < 1.29 is 39.9 Å². The Bertz CT molecular complexity index is 1210. The van der Waals surface area contributed by atoms with Crippen LogP contribution in [0.2, 0.25) is 0 Å². The molecule has 166 valence electrons. The molecular weight excluding hydrogens is 416 g/mol. The van der Waals surface area contributed by atoms with Crippen LogP contribution in [0, 0.1) is 23.7 Å². The molecule has 3 aliphatic carbocycles. The van der Waals surface area contributed by atoms with Crippen molar-refractivity contribution in [1.82, 2.24) is 0 Å². The molecule has 1 unspecified atom stereocenters. The van der Waals surface area contributed by atoms with Gasteiger partial charge in [-0.1, -0.05) is 11.8 Å². The van der Waals surface area contributed by atoms with Crippen LogP contribution in [-0.2, 0) is 16.0 Å². The van der Waals surface area contributed by atoms with Crippen LogP contribution in [0.1, 0.15) is 48.2 Å². The van der Waals surface area contributed by atoms with Crippen LogP contribution in [0.3, 0.4) is 0 Å². The number of aliphatic hydroxyl groups is 4. The van der Waals surface area contributed by atoms with Crippen LogP contribution in [0.25, 0.3) is 0 Å². The van der Waals surface area contributed by atoms with E-state index in [1.165, 1.54) is 19.1 Å². The average molecular weight is 438 g/mol. The molecule has 0 amide bonds. The zero-order chi connectivity index (χ0) is 23.5. The first-order valence-electron chi connectivity index (χ1n) is 10.2. The van der Waals surface area contributed by atoms with Crippen molar-refractivity contribution >= 4 is 17.3 Å². The van der Waals surface area contributed by atoms with E-state index in [2.05, 4.69) is 11.8 Å². The molecule has 5 N–H and O–H groups in total. The number of benzene rings is 1. The molecule has 0 bridgehead atoms. The summed E-state index contributed by atoms with van der Waals surface area (Å²) in [5.41, 5.74) is -2.49. The zero-order valence-corrected chi connectivity index (χ0v) is 17.5. The Morgan fingerprint density at radius 1 is 1.19 bits per heavy atom. The maximum absolute atomic E-state index is 13.3. The quantitative estimate of drug-likeness (QED) is 0.326. The number of ketones is 3. The lowest BCUT2D eigenvalue weighted by atomic mass is 9.60. The highest BCUT2D eigenvalue weighted by atomic mass is 16.3. The summed E-state index contributed by atoms with van der Waals surface area (Å²) in [5.74, 6) is -0.404. The predicted molar refractivity (Wildman–Crippen MR) is 111 cm³/mol. The molecule has 8 nitrogen and oxygen atoms in total. The molecule has 0 radical (unpaired) electrons. The number of hydrogen-bond acceptors (Lipinski definition) is 8. The van der Waals surface area contributed by atoms with E-state index in [9.17, 15) is 39.9 Å². The van der Waals surface area contributed by atoms with Crippen molar-refractivity contribution in [3.63, 3.8) is 0 Å². The highest BCUT2D eigenvalue weighted by Crippen LogP contribution is 2.51. The maximum Gasteiger partial charge on any atom is 0.209 e. The summed E-state index contributed by atoms with van der Waals surface area (Å²) in [6.45, 7) is 2.56. The molecule has 3 aliphatic rings. The van der Waals surface area contributed by atoms with E-state index in [0.29, 0.717) is 11.1 Å². The van der Waals surface area contributed by atoms with Crippen molar-refractivity contribution in [2.45, 2.75) is 44.8 Å².